The van der Waals surface area contributed by atoms with Crippen molar-refractivity contribution in [3.8, 4) is 0 Å². The molecular weight excluding hydrogens is 207 g/mol. The second-order valence-corrected chi connectivity index (χ2v) is 3.65. The molecule has 1 aromatic carbocycles. The van der Waals surface area contributed by atoms with Crippen molar-refractivity contribution in [1.82, 2.24) is 4.90 Å². The van der Waals surface area contributed by atoms with Gasteiger partial charge in [-0.3, -0.25) is 5.41 Å². The van der Waals surface area contributed by atoms with Gasteiger partial charge in [0.05, 0.1) is 15.6 Å². The molecule has 0 fully saturated rings. The molecule has 13 heavy (non-hydrogen) atoms. The Morgan fingerprint density at radius 2 is 1.69 bits per heavy atom. The first kappa shape index (κ1) is 10.4. The summed E-state index contributed by atoms with van der Waals surface area (Å²) in [6.45, 7) is 0. The van der Waals surface area contributed by atoms with Crippen molar-refractivity contribution in [2.45, 2.75) is 0 Å². The third-order valence-electron chi connectivity index (χ3n) is 1.65. The van der Waals surface area contributed by atoms with E-state index in [0.29, 0.717) is 21.4 Å². The Kier molecular flexibility index (Phi) is 3.17. The van der Waals surface area contributed by atoms with Crippen molar-refractivity contribution in [2.75, 3.05) is 14.1 Å². The molecule has 2 nitrogen and oxygen atoms in total. The minimum atomic E-state index is 0.315. The van der Waals surface area contributed by atoms with Crippen molar-refractivity contribution in [3.05, 3.63) is 33.8 Å². The molecule has 4 heteroatoms. The molecule has 1 N–H and O–H groups in total. The van der Waals surface area contributed by atoms with Gasteiger partial charge >= 0.3 is 0 Å². The number of hydrogen-bond acceptors (Lipinski definition) is 1. The number of halogens is 2. The van der Waals surface area contributed by atoms with E-state index in [-0.39, 0.29) is 0 Å². The van der Waals surface area contributed by atoms with Crippen molar-refractivity contribution in [1.29, 1.82) is 5.41 Å². The molecule has 0 aliphatic carbocycles. The van der Waals surface area contributed by atoms with Crippen LogP contribution < -0.4 is 0 Å². The van der Waals surface area contributed by atoms with Crippen LogP contribution in [0.2, 0.25) is 10.0 Å². The fourth-order valence-electron chi connectivity index (χ4n) is 0.948. The van der Waals surface area contributed by atoms with E-state index in [1.807, 2.05) is 0 Å². The number of hydrogen-bond donors (Lipinski definition) is 1. The van der Waals surface area contributed by atoms with Gasteiger partial charge in [-0.1, -0.05) is 29.3 Å². The molecule has 0 atom stereocenters. The Balaban J connectivity index is 3.20. The lowest BCUT2D eigenvalue weighted by Crippen LogP contribution is -2.22. The summed E-state index contributed by atoms with van der Waals surface area (Å²) in [6.07, 6.45) is 0. The average molecular weight is 217 g/mol. The Morgan fingerprint density at radius 1 is 1.23 bits per heavy atom. The fraction of sp³-hybridized carbons (Fsp3) is 0.222. The van der Waals surface area contributed by atoms with Crippen LogP contribution in [0, 0.1) is 5.41 Å². The van der Waals surface area contributed by atoms with E-state index in [9.17, 15) is 0 Å². The van der Waals surface area contributed by atoms with Gasteiger partial charge in [0.1, 0.15) is 5.84 Å². The van der Waals surface area contributed by atoms with Crippen LogP contribution in [0.25, 0.3) is 0 Å². The van der Waals surface area contributed by atoms with Gasteiger partial charge in [-0.05, 0) is 12.1 Å². The summed E-state index contributed by atoms with van der Waals surface area (Å²) < 4.78 is 0. The maximum atomic E-state index is 7.72. The van der Waals surface area contributed by atoms with Gasteiger partial charge in [-0.2, -0.15) is 0 Å². The van der Waals surface area contributed by atoms with Gasteiger partial charge in [0.15, 0.2) is 0 Å². The van der Waals surface area contributed by atoms with Crippen LogP contribution in [0.1, 0.15) is 5.56 Å². The summed E-state index contributed by atoms with van der Waals surface area (Å²) >= 11 is 11.8. The average Bonchev–Trinajstić information content (AvgIpc) is 2.03. The predicted octanol–water partition coefficient (Wildman–Crippen LogP) is 2.88. The first-order valence-corrected chi connectivity index (χ1v) is 4.50. The van der Waals surface area contributed by atoms with Gasteiger partial charge in [0.2, 0.25) is 0 Å². The van der Waals surface area contributed by atoms with Gasteiger partial charge < -0.3 is 4.90 Å². The Labute approximate surface area is 87.6 Å². The first-order chi connectivity index (χ1) is 6.04. The lowest BCUT2D eigenvalue weighted by atomic mass is 10.2. The summed E-state index contributed by atoms with van der Waals surface area (Å²) in [4.78, 5) is 1.66. The van der Waals surface area contributed by atoms with Crippen LogP contribution in [-0.4, -0.2) is 24.8 Å². The maximum absolute atomic E-state index is 7.72. The third-order valence-corrected chi connectivity index (χ3v) is 2.28. The summed E-state index contributed by atoms with van der Waals surface area (Å²) in [5, 5.41) is 8.73. The summed E-state index contributed by atoms with van der Waals surface area (Å²) in [5.74, 6) is 0.315. The van der Waals surface area contributed by atoms with Gasteiger partial charge in [0.25, 0.3) is 0 Å². The highest BCUT2D eigenvalue weighted by Gasteiger charge is 2.11. The molecular formula is C9H10Cl2N2. The second-order valence-electron chi connectivity index (χ2n) is 2.84. The topological polar surface area (TPSA) is 27.1 Å². The van der Waals surface area contributed by atoms with Crippen LogP contribution in [0.5, 0.6) is 0 Å². The molecule has 0 amide bonds. The number of nitrogens with zero attached hydrogens (tertiary/aromatic N) is 1. The largest absolute Gasteiger partial charge is 0.363 e. The van der Waals surface area contributed by atoms with E-state index < -0.39 is 0 Å². The van der Waals surface area contributed by atoms with Crippen LogP contribution in [0.3, 0.4) is 0 Å². The molecule has 0 spiro atoms. The monoisotopic (exact) mass is 216 g/mol. The smallest absolute Gasteiger partial charge is 0.130 e. The minimum absolute atomic E-state index is 0.315. The van der Waals surface area contributed by atoms with Gasteiger partial charge in [0, 0.05) is 14.1 Å². The number of amidine groups is 1. The molecule has 0 aromatic heterocycles. The summed E-state index contributed by atoms with van der Waals surface area (Å²) in [6, 6.07) is 5.21. The molecule has 0 bridgehead atoms. The van der Waals surface area contributed by atoms with Crippen molar-refractivity contribution >= 4 is 29.0 Å². The van der Waals surface area contributed by atoms with Crippen LogP contribution in [0.15, 0.2) is 18.2 Å². The van der Waals surface area contributed by atoms with E-state index in [2.05, 4.69) is 0 Å². The molecule has 0 radical (unpaired) electrons. The van der Waals surface area contributed by atoms with Crippen molar-refractivity contribution < 1.29 is 0 Å². The molecule has 0 saturated heterocycles. The summed E-state index contributed by atoms with van der Waals surface area (Å²) in [5.41, 5.74) is 0.579. The lowest BCUT2D eigenvalue weighted by molar-refractivity contribution is 0.619. The van der Waals surface area contributed by atoms with Gasteiger partial charge in [-0.25, -0.2) is 0 Å². The maximum Gasteiger partial charge on any atom is 0.130 e. The highest BCUT2D eigenvalue weighted by Crippen LogP contribution is 2.24. The van der Waals surface area contributed by atoms with Crippen LogP contribution in [-0.2, 0) is 0 Å². The van der Waals surface area contributed by atoms with Crippen LogP contribution >= 0.6 is 23.2 Å². The standard InChI is InChI=1S/C9H10Cl2N2/c1-13(2)9(12)8-6(10)4-3-5-7(8)11/h3-5,12H,1-2H3. The predicted molar refractivity (Wildman–Crippen MR) is 57.0 cm³/mol. The minimum Gasteiger partial charge on any atom is -0.363 e. The van der Waals surface area contributed by atoms with Crippen LogP contribution in [0.4, 0.5) is 0 Å². The third kappa shape index (κ3) is 2.14. The van der Waals surface area contributed by atoms with E-state index in [1.54, 1.807) is 37.2 Å². The number of rotatable bonds is 1. The fourth-order valence-corrected chi connectivity index (χ4v) is 1.52. The molecule has 70 valence electrons. The molecule has 1 aromatic rings. The Morgan fingerprint density at radius 3 is 2.08 bits per heavy atom. The lowest BCUT2D eigenvalue weighted by Gasteiger charge is -2.15. The first-order valence-electron chi connectivity index (χ1n) is 3.74. The molecule has 0 unspecified atom stereocenters. The highest BCUT2D eigenvalue weighted by molar-refractivity contribution is 6.39. The molecule has 0 heterocycles. The normalized spacial score (nSPS) is 9.85. The zero-order chi connectivity index (χ0) is 10.0. The van der Waals surface area contributed by atoms with E-state index in [0.717, 1.165) is 0 Å². The van der Waals surface area contributed by atoms with Crippen molar-refractivity contribution in [2.24, 2.45) is 0 Å². The highest BCUT2D eigenvalue weighted by atomic mass is 35.5. The van der Waals surface area contributed by atoms with E-state index >= 15 is 0 Å². The van der Waals surface area contributed by atoms with E-state index in [4.69, 9.17) is 28.6 Å². The zero-order valence-electron chi connectivity index (χ0n) is 7.44. The zero-order valence-corrected chi connectivity index (χ0v) is 8.95. The Bertz CT molecular complexity index is 314. The second kappa shape index (κ2) is 3.99. The molecule has 0 aliphatic rings. The molecule has 0 saturated carbocycles. The number of nitrogens with one attached hydrogen (secondary N) is 1. The van der Waals surface area contributed by atoms with Gasteiger partial charge in [-0.15, -0.1) is 0 Å². The molecule has 1 rings (SSSR count). The SMILES string of the molecule is CN(C)C(=N)c1c(Cl)cccc1Cl. The Hall–Kier alpha value is -0.730. The molecule has 0 aliphatic heterocycles. The quantitative estimate of drug-likeness (QED) is 0.568. The summed E-state index contributed by atoms with van der Waals surface area (Å²) in [7, 11) is 3.56. The van der Waals surface area contributed by atoms with E-state index in [1.165, 1.54) is 0 Å². The number of benzene rings is 1. The van der Waals surface area contributed by atoms with Crippen molar-refractivity contribution in [3.63, 3.8) is 0 Å².